The number of nitrogens with one attached hydrogen (secondary N) is 1. The third-order valence-corrected chi connectivity index (χ3v) is 2.68. The Hall–Kier alpha value is -1.40. The maximum Gasteiger partial charge on any atom is 0.294 e. The van der Waals surface area contributed by atoms with Gasteiger partial charge >= 0.3 is 0 Å². The average Bonchev–Trinajstić information content (AvgIpc) is 2.30. The molecule has 0 fully saturated rings. The lowest BCUT2D eigenvalue weighted by molar-refractivity contribution is -0.384. The second-order valence-corrected chi connectivity index (χ2v) is 4.27. The van der Waals surface area contributed by atoms with Crippen LogP contribution in [-0.2, 0) is 4.74 Å². The van der Waals surface area contributed by atoms with Gasteiger partial charge in [-0.2, -0.15) is 0 Å². The standard InChI is InChI=1S/C11H14ClFN2O3/c1-7(3-4-18-2)14-10-6-9(13)8(12)5-11(10)15(16)17/h5-7,14H,3-4H2,1-2H3. The number of rotatable bonds is 6. The third-order valence-electron chi connectivity index (χ3n) is 2.39. The highest BCUT2D eigenvalue weighted by atomic mass is 35.5. The van der Waals surface area contributed by atoms with E-state index in [0.717, 1.165) is 12.1 Å². The minimum Gasteiger partial charge on any atom is -0.385 e. The Morgan fingerprint density at radius 2 is 2.28 bits per heavy atom. The highest BCUT2D eigenvalue weighted by molar-refractivity contribution is 6.31. The van der Waals surface area contributed by atoms with Crippen LogP contribution in [0.1, 0.15) is 13.3 Å². The van der Waals surface area contributed by atoms with Crippen molar-refractivity contribution in [2.75, 3.05) is 19.0 Å². The van der Waals surface area contributed by atoms with E-state index in [1.54, 1.807) is 7.11 Å². The van der Waals surface area contributed by atoms with E-state index in [9.17, 15) is 14.5 Å². The lowest BCUT2D eigenvalue weighted by atomic mass is 10.2. The molecule has 7 heteroatoms. The highest BCUT2D eigenvalue weighted by Crippen LogP contribution is 2.30. The summed E-state index contributed by atoms with van der Waals surface area (Å²) in [4.78, 5) is 10.2. The van der Waals surface area contributed by atoms with Crippen LogP contribution in [-0.4, -0.2) is 24.7 Å². The Bertz CT molecular complexity index is 443. The Morgan fingerprint density at radius 3 is 2.83 bits per heavy atom. The smallest absolute Gasteiger partial charge is 0.294 e. The molecular formula is C11H14ClFN2O3. The summed E-state index contributed by atoms with van der Waals surface area (Å²) < 4.78 is 18.2. The lowest BCUT2D eigenvalue weighted by Gasteiger charge is -2.15. The van der Waals surface area contributed by atoms with E-state index in [1.807, 2.05) is 6.92 Å². The van der Waals surface area contributed by atoms with Crippen LogP contribution in [0.25, 0.3) is 0 Å². The first kappa shape index (κ1) is 14.7. The van der Waals surface area contributed by atoms with E-state index in [-0.39, 0.29) is 22.4 Å². The number of ether oxygens (including phenoxy) is 1. The third kappa shape index (κ3) is 3.82. The summed E-state index contributed by atoms with van der Waals surface area (Å²) in [5.74, 6) is -0.691. The van der Waals surface area contributed by atoms with Crippen molar-refractivity contribution in [3.05, 3.63) is 33.1 Å². The first-order valence-electron chi connectivity index (χ1n) is 5.34. The average molecular weight is 277 g/mol. The Labute approximate surface area is 109 Å². The minimum absolute atomic E-state index is 0.0794. The first-order chi connectivity index (χ1) is 8.45. The number of hydrogen-bond acceptors (Lipinski definition) is 4. The Kier molecular flexibility index (Phi) is 5.30. The van der Waals surface area contributed by atoms with Crippen molar-refractivity contribution in [3.63, 3.8) is 0 Å². The molecule has 0 bridgehead atoms. The van der Waals surface area contributed by atoms with Gasteiger partial charge < -0.3 is 10.1 Å². The second kappa shape index (κ2) is 6.51. The summed E-state index contributed by atoms with van der Waals surface area (Å²) in [5, 5.41) is 13.4. The summed E-state index contributed by atoms with van der Waals surface area (Å²) >= 11 is 5.52. The molecule has 0 aliphatic heterocycles. The fraction of sp³-hybridized carbons (Fsp3) is 0.455. The number of anilines is 1. The number of nitro groups is 1. The topological polar surface area (TPSA) is 64.4 Å². The first-order valence-corrected chi connectivity index (χ1v) is 5.72. The number of nitro benzene ring substituents is 1. The number of halogens is 2. The summed E-state index contributed by atoms with van der Waals surface area (Å²) in [7, 11) is 1.57. The van der Waals surface area contributed by atoms with Crippen LogP contribution in [0, 0.1) is 15.9 Å². The zero-order valence-electron chi connectivity index (χ0n) is 10.1. The van der Waals surface area contributed by atoms with Crippen molar-refractivity contribution in [2.45, 2.75) is 19.4 Å². The molecule has 1 N–H and O–H groups in total. The molecule has 18 heavy (non-hydrogen) atoms. The maximum atomic E-state index is 13.3. The van der Waals surface area contributed by atoms with E-state index in [4.69, 9.17) is 16.3 Å². The molecule has 0 amide bonds. The summed E-state index contributed by atoms with van der Waals surface area (Å²) in [5.41, 5.74) is -0.129. The number of methoxy groups -OCH3 is 1. The molecule has 1 rings (SSSR count). The Balaban J connectivity index is 2.93. The molecule has 0 aliphatic rings. The summed E-state index contributed by atoms with van der Waals surface area (Å²) in [6, 6.07) is 1.95. The van der Waals surface area contributed by atoms with Crippen molar-refractivity contribution in [2.24, 2.45) is 0 Å². The number of nitrogens with zero attached hydrogens (tertiary/aromatic N) is 1. The molecule has 5 nitrogen and oxygen atoms in total. The molecule has 0 aliphatic carbocycles. The van der Waals surface area contributed by atoms with Gasteiger partial charge in [-0.1, -0.05) is 11.6 Å². The van der Waals surface area contributed by atoms with Gasteiger partial charge in [-0.25, -0.2) is 4.39 Å². The number of benzene rings is 1. The lowest BCUT2D eigenvalue weighted by Crippen LogP contribution is -2.18. The van der Waals surface area contributed by atoms with Crippen LogP contribution >= 0.6 is 11.6 Å². The van der Waals surface area contributed by atoms with E-state index >= 15 is 0 Å². The fourth-order valence-electron chi connectivity index (χ4n) is 1.44. The van der Waals surface area contributed by atoms with Crippen molar-refractivity contribution in [1.82, 2.24) is 0 Å². The molecule has 1 unspecified atom stereocenters. The molecule has 0 saturated carbocycles. The number of hydrogen-bond donors (Lipinski definition) is 1. The van der Waals surface area contributed by atoms with Crippen molar-refractivity contribution in [1.29, 1.82) is 0 Å². The molecule has 0 heterocycles. The van der Waals surface area contributed by atoms with Gasteiger partial charge in [-0.15, -0.1) is 0 Å². The molecule has 0 radical (unpaired) electrons. The minimum atomic E-state index is -0.691. The van der Waals surface area contributed by atoms with Gasteiger partial charge in [0.2, 0.25) is 0 Å². The van der Waals surface area contributed by atoms with E-state index in [2.05, 4.69) is 5.32 Å². The van der Waals surface area contributed by atoms with Crippen LogP contribution in [0.15, 0.2) is 12.1 Å². The summed E-state index contributed by atoms with van der Waals surface area (Å²) in [6.45, 7) is 2.34. The fourth-order valence-corrected chi connectivity index (χ4v) is 1.59. The molecule has 0 saturated heterocycles. The van der Waals surface area contributed by atoms with Crippen molar-refractivity contribution in [3.8, 4) is 0 Å². The second-order valence-electron chi connectivity index (χ2n) is 3.87. The monoisotopic (exact) mass is 276 g/mol. The predicted octanol–water partition coefficient (Wildman–Crippen LogP) is 3.22. The van der Waals surface area contributed by atoms with Gasteiger partial charge in [0, 0.05) is 31.9 Å². The van der Waals surface area contributed by atoms with Gasteiger partial charge in [-0.3, -0.25) is 10.1 Å². The quantitative estimate of drug-likeness (QED) is 0.640. The maximum absolute atomic E-state index is 13.3. The SMILES string of the molecule is COCCC(C)Nc1cc(F)c(Cl)cc1[N+](=O)[O-]. The van der Waals surface area contributed by atoms with Gasteiger partial charge in [0.15, 0.2) is 0 Å². The Morgan fingerprint density at radius 1 is 1.61 bits per heavy atom. The predicted molar refractivity (Wildman–Crippen MR) is 67.6 cm³/mol. The highest BCUT2D eigenvalue weighted by Gasteiger charge is 2.18. The molecular weight excluding hydrogens is 263 g/mol. The van der Waals surface area contributed by atoms with Crippen molar-refractivity contribution >= 4 is 23.0 Å². The van der Waals surface area contributed by atoms with Crippen molar-refractivity contribution < 1.29 is 14.1 Å². The van der Waals surface area contributed by atoms with Crippen LogP contribution in [0.2, 0.25) is 5.02 Å². The van der Waals surface area contributed by atoms with Gasteiger partial charge in [0.05, 0.1) is 9.95 Å². The zero-order valence-corrected chi connectivity index (χ0v) is 10.8. The normalized spacial score (nSPS) is 12.2. The van der Waals surface area contributed by atoms with Gasteiger partial charge in [0.1, 0.15) is 11.5 Å². The molecule has 1 aromatic rings. The van der Waals surface area contributed by atoms with Crippen LogP contribution in [0.4, 0.5) is 15.8 Å². The van der Waals surface area contributed by atoms with Crippen LogP contribution in [0.3, 0.4) is 0 Å². The van der Waals surface area contributed by atoms with E-state index in [1.165, 1.54) is 0 Å². The summed E-state index contributed by atoms with van der Waals surface area (Å²) in [6.07, 6.45) is 0.651. The largest absolute Gasteiger partial charge is 0.385 e. The van der Waals surface area contributed by atoms with Crippen LogP contribution in [0.5, 0.6) is 0 Å². The zero-order chi connectivity index (χ0) is 13.7. The van der Waals surface area contributed by atoms with E-state index < -0.39 is 10.7 Å². The van der Waals surface area contributed by atoms with E-state index in [0.29, 0.717) is 13.0 Å². The molecule has 0 aromatic heterocycles. The van der Waals surface area contributed by atoms with Gasteiger partial charge in [-0.05, 0) is 13.3 Å². The molecule has 0 spiro atoms. The molecule has 1 atom stereocenters. The van der Waals surface area contributed by atoms with Crippen LogP contribution < -0.4 is 5.32 Å². The molecule has 100 valence electrons. The molecule has 1 aromatic carbocycles. The van der Waals surface area contributed by atoms with Gasteiger partial charge in [0.25, 0.3) is 5.69 Å².